The largest absolute Gasteiger partial charge is 0.372 e. The maximum absolute atomic E-state index is 5.81. The van der Waals surface area contributed by atoms with E-state index in [1.807, 2.05) is 24.4 Å². The van der Waals surface area contributed by atoms with Gasteiger partial charge in [0.15, 0.2) is 0 Å². The highest BCUT2D eigenvalue weighted by molar-refractivity contribution is 5.05. The van der Waals surface area contributed by atoms with Crippen molar-refractivity contribution < 1.29 is 4.74 Å². The molecule has 1 aliphatic heterocycles. The molecule has 2 heterocycles. The first-order valence-electron chi connectivity index (χ1n) is 5.59. The lowest BCUT2D eigenvalue weighted by Gasteiger charge is -2.15. The Morgan fingerprint density at radius 1 is 1.60 bits per heavy atom. The fraction of sp³-hybridized carbons (Fsp3) is 0.583. The van der Waals surface area contributed by atoms with Gasteiger partial charge in [-0.1, -0.05) is 6.07 Å². The van der Waals surface area contributed by atoms with Crippen LogP contribution in [0.15, 0.2) is 24.4 Å². The molecule has 0 radical (unpaired) electrons. The number of rotatable bonds is 4. The van der Waals surface area contributed by atoms with Crippen LogP contribution in [0.5, 0.6) is 0 Å². The molecule has 3 heteroatoms. The SMILES string of the molecule is C[C@@H](OC[C@H]1CCNC1)c1ccccn1. The highest BCUT2D eigenvalue weighted by Gasteiger charge is 2.16. The van der Waals surface area contributed by atoms with Crippen molar-refractivity contribution in [3.05, 3.63) is 30.1 Å². The van der Waals surface area contributed by atoms with Gasteiger partial charge >= 0.3 is 0 Å². The van der Waals surface area contributed by atoms with Crippen molar-refractivity contribution in [3.63, 3.8) is 0 Å². The van der Waals surface area contributed by atoms with E-state index in [1.165, 1.54) is 6.42 Å². The summed E-state index contributed by atoms with van der Waals surface area (Å²) in [4.78, 5) is 4.28. The lowest BCUT2D eigenvalue weighted by Crippen LogP contribution is -2.15. The topological polar surface area (TPSA) is 34.1 Å². The Labute approximate surface area is 90.9 Å². The van der Waals surface area contributed by atoms with Gasteiger partial charge in [-0.05, 0) is 37.9 Å². The molecular formula is C12H18N2O. The second kappa shape index (κ2) is 5.24. The molecule has 0 saturated carbocycles. The van der Waals surface area contributed by atoms with Gasteiger partial charge in [0.2, 0.25) is 0 Å². The first-order valence-corrected chi connectivity index (χ1v) is 5.59. The number of ether oxygens (including phenoxy) is 1. The minimum Gasteiger partial charge on any atom is -0.372 e. The van der Waals surface area contributed by atoms with Gasteiger partial charge in [0.25, 0.3) is 0 Å². The highest BCUT2D eigenvalue weighted by Crippen LogP contribution is 2.16. The van der Waals surface area contributed by atoms with Crippen LogP contribution in [-0.4, -0.2) is 24.7 Å². The Morgan fingerprint density at radius 3 is 3.20 bits per heavy atom. The van der Waals surface area contributed by atoms with E-state index in [9.17, 15) is 0 Å². The zero-order valence-electron chi connectivity index (χ0n) is 9.15. The van der Waals surface area contributed by atoms with Crippen LogP contribution in [0, 0.1) is 5.92 Å². The first-order chi connectivity index (χ1) is 7.36. The Bertz CT molecular complexity index is 283. The molecule has 0 amide bonds. The third-order valence-corrected chi connectivity index (χ3v) is 2.85. The molecule has 0 bridgehead atoms. The van der Waals surface area contributed by atoms with Gasteiger partial charge in [0.05, 0.1) is 18.4 Å². The number of pyridine rings is 1. The third-order valence-electron chi connectivity index (χ3n) is 2.85. The first kappa shape index (κ1) is 10.6. The van der Waals surface area contributed by atoms with E-state index >= 15 is 0 Å². The Hall–Kier alpha value is -0.930. The van der Waals surface area contributed by atoms with Crippen molar-refractivity contribution in [2.75, 3.05) is 19.7 Å². The molecule has 2 atom stereocenters. The Morgan fingerprint density at radius 2 is 2.53 bits per heavy atom. The van der Waals surface area contributed by atoms with Gasteiger partial charge in [0.1, 0.15) is 0 Å². The van der Waals surface area contributed by atoms with Crippen molar-refractivity contribution >= 4 is 0 Å². The van der Waals surface area contributed by atoms with Crippen LogP contribution in [0.3, 0.4) is 0 Å². The van der Waals surface area contributed by atoms with Crippen LogP contribution < -0.4 is 5.32 Å². The highest BCUT2D eigenvalue weighted by atomic mass is 16.5. The smallest absolute Gasteiger partial charge is 0.0966 e. The molecule has 3 nitrogen and oxygen atoms in total. The molecule has 1 saturated heterocycles. The van der Waals surface area contributed by atoms with Gasteiger partial charge in [-0.15, -0.1) is 0 Å². The van der Waals surface area contributed by atoms with E-state index in [2.05, 4.69) is 17.2 Å². The minimum atomic E-state index is 0.104. The van der Waals surface area contributed by atoms with E-state index in [4.69, 9.17) is 4.74 Å². The Balaban J connectivity index is 1.79. The molecule has 1 N–H and O–H groups in total. The molecule has 2 rings (SSSR count). The van der Waals surface area contributed by atoms with Crippen molar-refractivity contribution in [3.8, 4) is 0 Å². The molecule has 0 unspecified atom stereocenters. The summed E-state index contributed by atoms with van der Waals surface area (Å²) < 4.78 is 5.81. The van der Waals surface area contributed by atoms with Gasteiger partial charge in [0, 0.05) is 12.7 Å². The molecule has 0 spiro atoms. The Kier molecular flexibility index (Phi) is 3.69. The maximum atomic E-state index is 5.81. The molecule has 15 heavy (non-hydrogen) atoms. The van der Waals surface area contributed by atoms with Gasteiger partial charge in [-0.3, -0.25) is 4.98 Å². The number of nitrogens with one attached hydrogen (secondary N) is 1. The molecule has 0 aliphatic carbocycles. The van der Waals surface area contributed by atoms with Crippen LogP contribution in [0.4, 0.5) is 0 Å². The second-order valence-electron chi connectivity index (χ2n) is 4.09. The van der Waals surface area contributed by atoms with Crippen molar-refractivity contribution in [2.24, 2.45) is 5.92 Å². The van der Waals surface area contributed by atoms with E-state index < -0.39 is 0 Å². The summed E-state index contributed by atoms with van der Waals surface area (Å²) in [5, 5.41) is 3.34. The van der Waals surface area contributed by atoms with Crippen LogP contribution in [0.1, 0.15) is 25.1 Å². The average molecular weight is 206 g/mol. The minimum absolute atomic E-state index is 0.104. The standard InChI is InChI=1S/C12H18N2O/c1-10(12-4-2-3-6-14-12)15-9-11-5-7-13-8-11/h2-4,6,10-11,13H,5,7-9H2,1H3/t10-,11+/m1/s1. The second-order valence-corrected chi connectivity index (χ2v) is 4.09. The van der Waals surface area contributed by atoms with E-state index in [0.717, 1.165) is 25.4 Å². The van der Waals surface area contributed by atoms with Gasteiger partial charge in [-0.25, -0.2) is 0 Å². The van der Waals surface area contributed by atoms with Crippen molar-refractivity contribution in [2.45, 2.75) is 19.4 Å². The van der Waals surface area contributed by atoms with E-state index in [1.54, 1.807) is 0 Å². The zero-order chi connectivity index (χ0) is 10.5. The van der Waals surface area contributed by atoms with Gasteiger partial charge < -0.3 is 10.1 Å². The summed E-state index contributed by atoms with van der Waals surface area (Å²) in [5.41, 5.74) is 1.02. The number of hydrogen-bond acceptors (Lipinski definition) is 3. The quantitative estimate of drug-likeness (QED) is 0.815. The van der Waals surface area contributed by atoms with Crippen LogP contribution in [0.25, 0.3) is 0 Å². The molecule has 82 valence electrons. The fourth-order valence-corrected chi connectivity index (χ4v) is 1.84. The van der Waals surface area contributed by atoms with Crippen molar-refractivity contribution in [1.29, 1.82) is 0 Å². The number of aromatic nitrogens is 1. The van der Waals surface area contributed by atoms with Crippen LogP contribution in [0.2, 0.25) is 0 Å². The van der Waals surface area contributed by atoms with Crippen LogP contribution in [-0.2, 0) is 4.74 Å². The van der Waals surface area contributed by atoms with E-state index in [-0.39, 0.29) is 6.10 Å². The molecule has 1 fully saturated rings. The van der Waals surface area contributed by atoms with Crippen LogP contribution >= 0.6 is 0 Å². The summed E-state index contributed by atoms with van der Waals surface area (Å²) in [5.74, 6) is 0.677. The molecule has 0 aromatic carbocycles. The van der Waals surface area contributed by atoms with Crippen molar-refractivity contribution in [1.82, 2.24) is 10.3 Å². The summed E-state index contributed by atoms with van der Waals surface area (Å²) in [6.07, 6.45) is 3.15. The maximum Gasteiger partial charge on any atom is 0.0966 e. The normalized spacial score (nSPS) is 22.9. The summed E-state index contributed by atoms with van der Waals surface area (Å²) in [6, 6.07) is 5.94. The zero-order valence-corrected chi connectivity index (χ0v) is 9.15. The third kappa shape index (κ3) is 3.01. The summed E-state index contributed by atoms with van der Waals surface area (Å²) >= 11 is 0. The molecular weight excluding hydrogens is 188 g/mol. The summed E-state index contributed by atoms with van der Waals surface area (Å²) in [7, 11) is 0. The predicted molar refractivity (Wildman–Crippen MR) is 59.6 cm³/mol. The van der Waals surface area contributed by atoms with Gasteiger partial charge in [-0.2, -0.15) is 0 Å². The predicted octanol–water partition coefficient (Wildman–Crippen LogP) is 1.77. The average Bonchev–Trinajstić information content (AvgIpc) is 2.80. The lowest BCUT2D eigenvalue weighted by atomic mass is 10.1. The summed E-state index contributed by atoms with van der Waals surface area (Å²) in [6.45, 7) is 5.12. The van der Waals surface area contributed by atoms with E-state index in [0.29, 0.717) is 5.92 Å². The monoisotopic (exact) mass is 206 g/mol. The molecule has 1 aliphatic rings. The molecule has 1 aromatic heterocycles. The lowest BCUT2D eigenvalue weighted by molar-refractivity contribution is 0.0410. The number of hydrogen-bond donors (Lipinski definition) is 1. The fourth-order valence-electron chi connectivity index (χ4n) is 1.84. The molecule has 1 aromatic rings. The number of nitrogens with zero attached hydrogens (tertiary/aromatic N) is 1.